The highest BCUT2D eigenvalue weighted by Crippen LogP contribution is 2.26. The van der Waals surface area contributed by atoms with Crippen LogP contribution < -0.4 is 5.32 Å². The van der Waals surface area contributed by atoms with Crippen molar-refractivity contribution in [3.05, 3.63) is 32.7 Å². The van der Waals surface area contributed by atoms with Crippen molar-refractivity contribution in [2.45, 2.75) is 13.0 Å². The first-order chi connectivity index (χ1) is 6.68. The quantitative estimate of drug-likeness (QED) is 0.846. The Morgan fingerprint density at radius 1 is 1.36 bits per heavy atom. The second-order valence-corrected chi connectivity index (χ2v) is 5.04. The minimum Gasteiger partial charge on any atom is -0.365 e. The molecule has 1 N–H and O–H groups in total. The molecular weight excluding hydrogens is 308 g/mol. The Balaban J connectivity index is 2.42. The van der Waals surface area contributed by atoms with E-state index < -0.39 is 0 Å². The Labute approximate surface area is 100 Å². The van der Waals surface area contributed by atoms with E-state index in [0.717, 1.165) is 26.9 Å². The molecule has 1 aliphatic heterocycles. The van der Waals surface area contributed by atoms with Gasteiger partial charge in [0.15, 0.2) is 0 Å². The van der Waals surface area contributed by atoms with Crippen molar-refractivity contribution in [3.8, 4) is 0 Å². The number of benzene rings is 1. The minimum atomic E-state index is 0.434. The van der Waals surface area contributed by atoms with Crippen molar-refractivity contribution in [1.29, 1.82) is 0 Å². The fourth-order valence-corrected chi connectivity index (χ4v) is 2.80. The molecule has 0 aliphatic carbocycles. The van der Waals surface area contributed by atoms with Crippen LogP contribution in [0.3, 0.4) is 0 Å². The average molecular weight is 318 g/mol. The maximum atomic E-state index is 4.45. The van der Waals surface area contributed by atoms with Crippen LogP contribution in [0.15, 0.2) is 32.1 Å². The molecule has 4 heteroatoms. The third-order valence-corrected chi connectivity index (χ3v) is 3.43. The molecule has 0 saturated carbocycles. The van der Waals surface area contributed by atoms with Crippen LogP contribution in [0.4, 0.5) is 0 Å². The number of aliphatic imine (C=N–C) groups is 1. The van der Waals surface area contributed by atoms with E-state index in [9.17, 15) is 0 Å². The van der Waals surface area contributed by atoms with Crippen molar-refractivity contribution in [2.75, 3.05) is 6.54 Å². The molecule has 1 aliphatic rings. The summed E-state index contributed by atoms with van der Waals surface area (Å²) in [6.45, 7) is 2.98. The Bertz CT molecular complexity index is 367. The van der Waals surface area contributed by atoms with Crippen LogP contribution in [-0.2, 0) is 0 Å². The van der Waals surface area contributed by atoms with Gasteiger partial charge < -0.3 is 5.32 Å². The molecule has 0 aromatic heterocycles. The van der Waals surface area contributed by atoms with Gasteiger partial charge in [0.05, 0.1) is 6.54 Å². The maximum Gasteiger partial charge on any atom is 0.130 e. The van der Waals surface area contributed by atoms with Gasteiger partial charge in [-0.05, 0) is 50.9 Å². The van der Waals surface area contributed by atoms with Gasteiger partial charge in [0.1, 0.15) is 5.84 Å². The van der Waals surface area contributed by atoms with Crippen LogP contribution in [0.1, 0.15) is 12.5 Å². The summed E-state index contributed by atoms with van der Waals surface area (Å²) in [6.07, 6.45) is 0. The molecule has 1 atom stereocenters. The van der Waals surface area contributed by atoms with Crippen LogP contribution in [0.2, 0.25) is 0 Å². The first kappa shape index (κ1) is 10.2. The number of hydrogen-bond donors (Lipinski definition) is 1. The highest BCUT2D eigenvalue weighted by molar-refractivity contribution is 9.11. The second kappa shape index (κ2) is 4.03. The zero-order chi connectivity index (χ0) is 10.1. The highest BCUT2D eigenvalue weighted by Gasteiger charge is 2.18. The van der Waals surface area contributed by atoms with Crippen LogP contribution >= 0.6 is 31.9 Å². The lowest BCUT2D eigenvalue weighted by Crippen LogP contribution is -2.28. The van der Waals surface area contributed by atoms with Gasteiger partial charge >= 0.3 is 0 Å². The standard InChI is InChI=1S/C10H10Br2N2/c1-6-5-13-10(14-6)9-7(11)3-2-4-8(9)12/h2-4,6H,5H2,1H3,(H,13,14). The SMILES string of the molecule is CC1CN=C(c2c(Br)cccc2Br)N1. The maximum absolute atomic E-state index is 4.45. The summed E-state index contributed by atoms with van der Waals surface area (Å²) in [4.78, 5) is 4.45. The average Bonchev–Trinajstić information content (AvgIpc) is 2.51. The molecule has 1 unspecified atom stereocenters. The first-order valence-corrected chi connectivity index (χ1v) is 6.02. The van der Waals surface area contributed by atoms with E-state index in [4.69, 9.17) is 0 Å². The highest BCUT2D eigenvalue weighted by atomic mass is 79.9. The molecule has 14 heavy (non-hydrogen) atoms. The van der Waals surface area contributed by atoms with Crippen LogP contribution in [0.5, 0.6) is 0 Å². The van der Waals surface area contributed by atoms with Gasteiger partial charge in [-0.1, -0.05) is 6.07 Å². The van der Waals surface area contributed by atoms with Crippen LogP contribution in [0, 0.1) is 0 Å². The van der Waals surface area contributed by atoms with E-state index in [1.54, 1.807) is 0 Å². The topological polar surface area (TPSA) is 24.4 Å². The zero-order valence-corrected chi connectivity index (χ0v) is 10.9. The van der Waals surface area contributed by atoms with Crippen LogP contribution in [-0.4, -0.2) is 18.4 Å². The molecule has 1 heterocycles. The zero-order valence-electron chi connectivity index (χ0n) is 7.72. The number of nitrogens with one attached hydrogen (secondary N) is 1. The monoisotopic (exact) mass is 316 g/mol. The molecule has 0 amide bonds. The van der Waals surface area contributed by atoms with Crippen molar-refractivity contribution < 1.29 is 0 Å². The third kappa shape index (κ3) is 1.86. The largest absolute Gasteiger partial charge is 0.365 e. The van der Waals surface area contributed by atoms with E-state index in [0.29, 0.717) is 6.04 Å². The molecule has 1 aromatic rings. The molecule has 0 bridgehead atoms. The molecule has 0 fully saturated rings. The fourth-order valence-electron chi connectivity index (χ4n) is 1.43. The smallest absolute Gasteiger partial charge is 0.130 e. The Kier molecular flexibility index (Phi) is 2.93. The summed E-state index contributed by atoms with van der Waals surface area (Å²) in [7, 11) is 0. The number of nitrogens with zero attached hydrogens (tertiary/aromatic N) is 1. The molecule has 0 spiro atoms. The van der Waals surface area contributed by atoms with Gasteiger partial charge in [0, 0.05) is 20.6 Å². The van der Waals surface area contributed by atoms with Crippen molar-refractivity contribution in [2.24, 2.45) is 4.99 Å². The van der Waals surface area contributed by atoms with E-state index in [1.807, 2.05) is 18.2 Å². The van der Waals surface area contributed by atoms with Gasteiger partial charge in [-0.25, -0.2) is 0 Å². The number of hydrogen-bond acceptors (Lipinski definition) is 2. The predicted octanol–water partition coefficient (Wildman–Crippen LogP) is 2.95. The molecule has 2 nitrogen and oxygen atoms in total. The number of amidine groups is 1. The van der Waals surface area contributed by atoms with Gasteiger partial charge in [-0.15, -0.1) is 0 Å². The van der Waals surface area contributed by atoms with E-state index >= 15 is 0 Å². The van der Waals surface area contributed by atoms with Crippen molar-refractivity contribution >= 4 is 37.7 Å². The third-order valence-electron chi connectivity index (χ3n) is 2.11. The summed E-state index contributed by atoms with van der Waals surface area (Å²) < 4.78 is 2.12. The second-order valence-electron chi connectivity index (χ2n) is 3.33. The lowest BCUT2D eigenvalue weighted by atomic mass is 10.2. The number of rotatable bonds is 1. The summed E-state index contributed by atoms with van der Waals surface area (Å²) in [5.41, 5.74) is 1.11. The Hall–Kier alpha value is -0.350. The molecular formula is C10H10Br2N2. The number of halogens is 2. The summed E-state index contributed by atoms with van der Waals surface area (Å²) >= 11 is 7.05. The molecule has 74 valence electrons. The van der Waals surface area contributed by atoms with E-state index in [1.165, 1.54) is 0 Å². The molecule has 2 rings (SSSR count). The van der Waals surface area contributed by atoms with Crippen LogP contribution in [0.25, 0.3) is 0 Å². The minimum absolute atomic E-state index is 0.434. The molecule has 1 aromatic carbocycles. The normalized spacial score (nSPS) is 20.5. The van der Waals surface area contributed by atoms with Crippen molar-refractivity contribution in [3.63, 3.8) is 0 Å². The predicted molar refractivity (Wildman–Crippen MR) is 65.8 cm³/mol. The summed E-state index contributed by atoms with van der Waals surface area (Å²) in [5, 5.41) is 3.34. The first-order valence-electron chi connectivity index (χ1n) is 4.44. The summed E-state index contributed by atoms with van der Waals surface area (Å²) in [5.74, 6) is 0.969. The van der Waals surface area contributed by atoms with Crippen molar-refractivity contribution in [1.82, 2.24) is 5.32 Å². The fraction of sp³-hybridized carbons (Fsp3) is 0.300. The van der Waals surface area contributed by atoms with E-state index in [-0.39, 0.29) is 0 Å². The molecule has 0 saturated heterocycles. The van der Waals surface area contributed by atoms with Gasteiger partial charge in [-0.3, -0.25) is 4.99 Å². The van der Waals surface area contributed by atoms with Gasteiger partial charge in [0.2, 0.25) is 0 Å². The van der Waals surface area contributed by atoms with E-state index in [2.05, 4.69) is 49.1 Å². The van der Waals surface area contributed by atoms with Gasteiger partial charge in [0.25, 0.3) is 0 Å². The summed E-state index contributed by atoms with van der Waals surface area (Å²) in [6, 6.07) is 6.47. The molecule has 0 radical (unpaired) electrons. The van der Waals surface area contributed by atoms with Gasteiger partial charge in [-0.2, -0.15) is 0 Å². The lowest BCUT2D eigenvalue weighted by Gasteiger charge is -2.09. The lowest BCUT2D eigenvalue weighted by molar-refractivity contribution is 0.726. The Morgan fingerprint density at radius 2 is 2.00 bits per heavy atom. The Morgan fingerprint density at radius 3 is 2.50 bits per heavy atom.